The van der Waals surface area contributed by atoms with Crippen LogP contribution in [0, 0.1) is 0 Å². The number of nitrogens with zero attached hydrogens (tertiary/aromatic N) is 1. The van der Waals surface area contributed by atoms with Crippen LogP contribution in [0.25, 0.3) is 0 Å². The molecule has 1 aliphatic carbocycles. The van der Waals surface area contributed by atoms with Crippen molar-refractivity contribution in [2.45, 2.75) is 56.6 Å². The van der Waals surface area contributed by atoms with Crippen molar-refractivity contribution < 1.29 is 9.53 Å². The summed E-state index contributed by atoms with van der Waals surface area (Å²) in [5, 5.41) is 3.35. The Hall–Kier alpha value is -1.39. The van der Waals surface area contributed by atoms with E-state index in [9.17, 15) is 4.79 Å². The lowest BCUT2D eigenvalue weighted by atomic mass is 9.68. The summed E-state index contributed by atoms with van der Waals surface area (Å²) in [5.41, 5.74) is 0.804. The Bertz CT molecular complexity index is 540. The summed E-state index contributed by atoms with van der Waals surface area (Å²) in [7, 11) is 1.75. The minimum absolute atomic E-state index is 0.0879. The molecule has 3 rings (SSSR count). The van der Waals surface area contributed by atoms with Crippen LogP contribution in [-0.4, -0.2) is 49.7 Å². The average Bonchev–Trinajstić information content (AvgIpc) is 3.05. The van der Waals surface area contributed by atoms with Crippen molar-refractivity contribution in [2.24, 2.45) is 0 Å². The van der Waals surface area contributed by atoms with Crippen LogP contribution in [0.2, 0.25) is 0 Å². The van der Waals surface area contributed by atoms with Crippen molar-refractivity contribution >= 4 is 5.91 Å². The first kappa shape index (κ1) is 17.4. The third-order valence-corrected chi connectivity index (χ3v) is 5.88. The highest BCUT2D eigenvalue weighted by atomic mass is 16.5. The van der Waals surface area contributed by atoms with Gasteiger partial charge in [0, 0.05) is 20.2 Å². The zero-order valence-electron chi connectivity index (χ0n) is 15.0. The molecular weight excluding hydrogens is 300 g/mol. The van der Waals surface area contributed by atoms with E-state index in [0.717, 1.165) is 45.3 Å². The first-order valence-electron chi connectivity index (χ1n) is 9.31. The first-order chi connectivity index (χ1) is 11.7. The van der Waals surface area contributed by atoms with Crippen LogP contribution in [0.5, 0.6) is 0 Å². The Labute approximate surface area is 145 Å². The van der Waals surface area contributed by atoms with Gasteiger partial charge >= 0.3 is 0 Å². The van der Waals surface area contributed by atoms with Gasteiger partial charge in [0.15, 0.2) is 0 Å². The molecule has 1 N–H and O–H groups in total. The molecule has 0 aromatic heterocycles. The minimum atomic E-state index is -0.364. The van der Waals surface area contributed by atoms with Crippen LogP contribution < -0.4 is 5.32 Å². The van der Waals surface area contributed by atoms with Crippen molar-refractivity contribution in [3.8, 4) is 0 Å². The molecule has 132 valence electrons. The van der Waals surface area contributed by atoms with E-state index in [1.54, 1.807) is 7.11 Å². The molecular formula is C20H30N2O2. The van der Waals surface area contributed by atoms with Crippen LogP contribution in [0.1, 0.15) is 44.6 Å². The Kier molecular flexibility index (Phi) is 5.57. The molecule has 2 atom stereocenters. The highest BCUT2D eigenvalue weighted by Crippen LogP contribution is 2.40. The molecule has 0 spiro atoms. The Morgan fingerprint density at radius 1 is 1.21 bits per heavy atom. The molecule has 1 saturated carbocycles. The standard InChI is InChI=1S/C20H30N2O2/c1-3-22-14-17(18(15-22)24-2)21-19(23)20(12-8-5-9-13-20)16-10-6-4-7-11-16/h4,6-7,10-11,17-18H,3,5,8-9,12-15H2,1-2H3,(H,21,23)/t17-,18-/m0/s1. The highest BCUT2D eigenvalue weighted by Gasteiger charge is 2.43. The van der Waals surface area contributed by atoms with Gasteiger partial charge in [0.05, 0.1) is 17.6 Å². The fourth-order valence-electron chi connectivity index (χ4n) is 4.35. The SMILES string of the molecule is CCN1C[C@H](NC(=O)C2(c3ccccc3)CCCCC2)[C@@H](OC)C1. The number of benzene rings is 1. The van der Waals surface area contributed by atoms with Gasteiger partial charge in [0.2, 0.25) is 5.91 Å². The van der Waals surface area contributed by atoms with E-state index in [-0.39, 0.29) is 23.5 Å². The summed E-state index contributed by atoms with van der Waals surface area (Å²) in [6.07, 6.45) is 5.47. The zero-order valence-corrected chi connectivity index (χ0v) is 15.0. The van der Waals surface area contributed by atoms with Crippen LogP contribution in [0.15, 0.2) is 30.3 Å². The predicted octanol–water partition coefficient (Wildman–Crippen LogP) is 2.72. The largest absolute Gasteiger partial charge is 0.378 e. The lowest BCUT2D eigenvalue weighted by Crippen LogP contribution is -2.52. The van der Waals surface area contributed by atoms with Crippen molar-refractivity contribution in [2.75, 3.05) is 26.7 Å². The highest BCUT2D eigenvalue weighted by molar-refractivity contribution is 5.88. The Morgan fingerprint density at radius 3 is 2.54 bits per heavy atom. The number of ether oxygens (including phenoxy) is 1. The molecule has 0 radical (unpaired) electrons. The number of methoxy groups -OCH3 is 1. The van der Waals surface area contributed by atoms with Gasteiger partial charge in [0.25, 0.3) is 0 Å². The number of hydrogen-bond acceptors (Lipinski definition) is 3. The Morgan fingerprint density at radius 2 is 1.92 bits per heavy atom. The van der Waals surface area contributed by atoms with Crippen LogP contribution in [0.4, 0.5) is 0 Å². The fourth-order valence-corrected chi connectivity index (χ4v) is 4.35. The lowest BCUT2D eigenvalue weighted by molar-refractivity contribution is -0.129. The molecule has 1 amide bonds. The van der Waals surface area contributed by atoms with Gasteiger partial charge in [-0.1, -0.05) is 56.5 Å². The van der Waals surface area contributed by atoms with Gasteiger partial charge in [-0.3, -0.25) is 9.69 Å². The molecule has 1 aromatic rings. The second-order valence-electron chi connectivity index (χ2n) is 7.22. The van der Waals surface area contributed by atoms with E-state index in [2.05, 4.69) is 29.3 Å². The van der Waals surface area contributed by atoms with Gasteiger partial charge in [-0.25, -0.2) is 0 Å². The van der Waals surface area contributed by atoms with E-state index in [4.69, 9.17) is 4.74 Å². The Balaban J connectivity index is 1.80. The molecule has 0 unspecified atom stereocenters. The number of likely N-dealkylation sites (N-methyl/N-ethyl adjacent to an activating group) is 1. The molecule has 1 aromatic carbocycles. The predicted molar refractivity (Wildman–Crippen MR) is 96.0 cm³/mol. The van der Waals surface area contributed by atoms with Crippen molar-refractivity contribution in [1.82, 2.24) is 10.2 Å². The third-order valence-electron chi connectivity index (χ3n) is 5.88. The monoisotopic (exact) mass is 330 g/mol. The van der Waals surface area contributed by atoms with Crippen molar-refractivity contribution in [1.29, 1.82) is 0 Å². The smallest absolute Gasteiger partial charge is 0.231 e. The van der Waals surface area contributed by atoms with Crippen molar-refractivity contribution in [3.63, 3.8) is 0 Å². The van der Waals surface area contributed by atoms with Crippen LogP contribution >= 0.6 is 0 Å². The number of rotatable bonds is 5. The maximum atomic E-state index is 13.3. The van der Waals surface area contributed by atoms with E-state index >= 15 is 0 Å². The number of carbonyl (C=O) groups is 1. The van der Waals surface area contributed by atoms with Crippen LogP contribution in [-0.2, 0) is 14.9 Å². The quantitative estimate of drug-likeness (QED) is 0.902. The van der Waals surface area contributed by atoms with Gasteiger partial charge < -0.3 is 10.1 Å². The molecule has 0 bridgehead atoms. The maximum absolute atomic E-state index is 13.3. The number of nitrogens with one attached hydrogen (secondary N) is 1. The van der Waals surface area contributed by atoms with Gasteiger partial charge in [-0.2, -0.15) is 0 Å². The molecule has 1 aliphatic heterocycles. The van der Waals surface area contributed by atoms with E-state index < -0.39 is 0 Å². The van der Waals surface area contributed by atoms with E-state index in [0.29, 0.717) is 0 Å². The maximum Gasteiger partial charge on any atom is 0.231 e. The number of amides is 1. The van der Waals surface area contributed by atoms with Crippen LogP contribution in [0.3, 0.4) is 0 Å². The summed E-state index contributed by atoms with van der Waals surface area (Å²) >= 11 is 0. The second-order valence-corrected chi connectivity index (χ2v) is 7.22. The lowest BCUT2D eigenvalue weighted by Gasteiger charge is -2.37. The number of likely N-dealkylation sites (tertiary alicyclic amines) is 1. The molecule has 4 heteroatoms. The zero-order chi connectivity index (χ0) is 17.0. The topological polar surface area (TPSA) is 41.6 Å². The van der Waals surface area contributed by atoms with Gasteiger partial charge in [0.1, 0.15) is 0 Å². The molecule has 2 aliphatic rings. The summed E-state index contributed by atoms with van der Waals surface area (Å²) < 4.78 is 5.63. The molecule has 4 nitrogen and oxygen atoms in total. The van der Waals surface area contributed by atoms with Gasteiger partial charge in [-0.15, -0.1) is 0 Å². The molecule has 2 fully saturated rings. The van der Waals surface area contributed by atoms with Crippen molar-refractivity contribution in [3.05, 3.63) is 35.9 Å². The van der Waals surface area contributed by atoms with Gasteiger partial charge in [-0.05, 0) is 24.9 Å². The van der Waals surface area contributed by atoms with E-state index in [1.165, 1.54) is 12.0 Å². The minimum Gasteiger partial charge on any atom is -0.378 e. The number of carbonyl (C=O) groups excluding carboxylic acids is 1. The third kappa shape index (κ3) is 3.35. The summed E-state index contributed by atoms with van der Waals surface area (Å²) in [6, 6.07) is 10.4. The molecule has 1 heterocycles. The first-order valence-corrected chi connectivity index (χ1v) is 9.31. The molecule has 24 heavy (non-hydrogen) atoms. The summed E-state index contributed by atoms with van der Waals surface area (Å²) in [5.74, 6) is 0.193. The number of hydrogen-bond donors (Lipinski definition) is 1. The normalized spacial score (nSPS) is 27.1. The second kappa shape index (κ2) is 7.66. The van der Waals surface area contributed by atoms with E-state index in [1.807, 2.05) is 18.2 Å². The fraction of sp³-hybridized carbons (Fsp3) is 0.650. The molecule has 1 saturated heterocycles. The summed E-state index contributed by atoms with van der Waals surface area (Å²) in [6.45, 7) is 4.93. The summed E-state index contributed by atoms with van der Waals surface area (Å²) in [4.78, 5) is 15.7. The average molecular weight is 330 g/mol.